The van der Waals surface area contributed by atoms with E-state index in [2.05, 4.69) is 20.9 Å². The fourth-order valence-corrected chi connectivity index (χ4v) is 2.93. The summed E-state index contributed by atoms with van der Waals surface area (Å²) < 4.78 is 29.3. The van der Waals surface area contributed by atoms with Crippen LogP contribution in [0.25, 0.3) is 11.0 Å². The molecule has 1 aromatic carbocycles. The Hall–Kier alpha value is -1.17. The van der Waals surface area contributed by atoms with E-state index in [1.165, 1.54) is 0 Å². The van der Waals surface area contributed by atoms with Crippen LogP contribution in [0.3, 0.4) is 0 Å². The first-order valence-corrected chi connectivity index (χ1v) is 7.01. The van der Waals surface area contributed by atoms with Crippen LogP contribution < -0.4 is 4.90 Å². The topological polar surface area (TPSA) is 21.1 Å². The molecule has 0 amide bonds. The summed E-state index contributed by atoms with van der Waals surface area (Å²) in [4.78, 5) is 6.51. The van der Waals surface area contributed by atoms with Gasteiger partial charge in [0.15, 0.2) is 0 Å². The Balaban J connectivity index is 1.98. The van der Waals surface area contributed by atoms with E-state index in [1.54, 1.807) is 0 Å². The number of anilines is 1. The van der Waals surface area contributed by atoms with E-state index in [-0.39, 0.29) is 12.8 Å². The van der Waals surface area contributed by atoms with Gasteiger partial charge in [0.25, 0.3) is 5.92 Å². The highest BCUT2D eigenvalue weighted by atomic mass is 79.9. The van der Waals surface area contributed by atoms with Crippen molar-refractivity contribution >= 4 is 32.9 Å². The van der Waals surface area contributed by atoms with Gasteiger partial charge in [-0.3, -0.25) is 0 Å². The lowest BCUT2D eigenvalue weighted by Gasteiger charge is -2.32. The third kappa shape index (κ3) is 2.22. The molecule has 19 heavy (non-hydrogen) atoms. The van der Waals surface area contributed by atoms with Crippen LogP contribution in [0.2, 0.25) is 0 Å². The number of halogens is 3. The van der Waals surface area contributed by atoms with Gasteiger partial charge in [0.05, 0.1) is 5.52 Å². The average molecular weight is 330 g/mol. The lowest BCUT2D eigenvalue weighted by molar-refractivity contribution is -0.0223. The fourth-order valence-electron chi connectivity index (χ4n) is 2.48. The third-order valence-corrected chi connectivity index (χ3v) is 4.26. The summed E-state index contributed by atoms with van der Waals surface area (Å²) in [5.41, 5.74) is 1.87. The number of benzene rings is 1. The lowest BCUT2D eigenvalue weighted by atomic mass is 10.1. The molecule has 6 heteroatoms. The van der Waals surface area contributed by atoms with Gasteiger partial charge in [0.1, 0.15) is 5.52 Å². The highest BCUT2D eigenvalue weighted by Gasteiger charge is 2.35. The summed E-state index contributed by atoms with van der Waals surface area (Å²) >= 11 is 3.47. The minimum Gasteiger partial charge on any atom is -0.342 e. The SMILES string of the molecule is Cn1c(N2CCC(F)(F)CC2)nc2c(Br)cccc21. The lowest BCUT2D eigenvalue weighted by Crippen LogP contribution is -2.40. The zero-order valence-corrected chi connectivity index (χ0v) is 12.1. The number of nitrogens with zero attached hydrogens (tertiary/aromatic N) is 3. The number of aromatic nitrogens is 2. The highest BCUT2D eigenvalue weighted by Crippen LogP contribution is 2.32. The number of alkyl halides is 2. The van der Waals surface area contributed by atoms with Crippen molar-refractivity contribution in [1.29, 1.82) is 0 Å². The van der Waals surface area contributed by atoms with Crippen molar-refractivity contribution < 1.29 is 8.78 Å². The number of hydrogen-bond acceptors (Lipinski definition) is 2. The maximum atomic E-state index is 13.2. The van der Waals surface area contributed by atoms with E-state index in [0.717, 1.165) is 21.5 Å². The maximum Gasteiger partial charge on any atom is 0.251 e. The van der Waals surface area contributed by atoms with Crippen LogP contribution in [0, 0.1) is 0 Å². The number of aryl methyl sites for hydroxylation is 1. The number of piperidine rings is 1. The van der Waals surface area contributed by atoms with Gasteiger partial charge in [-0.15, -0.1) is 0 Å². The standard InChI is InChI=1S/C13H14BrF2N3/c1-18-10-4-2-3-9(14)11(10)17-12(18)19-7-5-13(15,16)6-8-19/h2-4H,5-8H2,1H3. The fraction of sp³-hybridized carbons (Fsp3) is 0.462. The van der Waals surface area contributed by atoms with Crippen molar-refractivity contribution in [1.82, 2.24) is 9.55 Å². The molecule has 0 radical (unpaired) electrons. The van der Waals surface area contributed by atoms with Crippen molar-refractivity contribution in [3.63, 3.8) is 0 Å². The molecule has 1 aliphatic heterocycles. The van der Waals surface area contributed by atoms with Crippen molar-refractivity contribution in [2.24, 2.45) is 7.05 Å². The van der Waals surface area contributed by atoms with E-state index in [9.17, 15) is 8.78 Å². The maximum absolute atomic E-state index is 13.2. The third-order valence-electron chi connectivity index (χ3n) is 3.62. The van der Waals surface area contributed by atoms with Crippen molar-refractivity contribution in [3.8, 4) is 0 Å². The van der Waals surface area contributed by atoms with Crippen LogP contribution in [0.4, 0.5) is 14.7 Å². The molecular weight excluding hydrogens is 316 g/mol. The monoisotopic (exact) mass is 329 g/mol. The Kier molecular flexibility index (Phi) is 3.00. The van der Waals surface area contributed by atoms with E-state index in [4.69, 9.17) is 0 Å². The second-order valence-corrected chi connectivity index (χ2v) is 5.78. The predicted molar refractivity (Wildman–Crippen MR) is 74.8 cm³/mol. The second-order valence-electron chi connectivity index (χ2n) is 4.92. The molecule has 2 heterocycles. The Bertz CT molecular complexity index is 614. The predicted octanol–water partition coefficient (Wildman–Crippen LogP) is 3.57. The zero-order chi connectivity index (χ0) is 13.6. The molecular formula is C13H14BrF2N3. The molecule has 1 fully saturated rings. The first-order chi connectivity index (χ1) is 8.98. The van der Waals surface area contributed by atoms with Gasteiger partial charge in [-0.05, 0) is 28.1 Å². The zero-order valence-electron chi connectivity index (χ0n) is 10.5. The van der Waals surface area contributed by atoms with Gasteiger partial charge < -0.3 is 9.47 Å². The summed E-state index contributed by atoms with van der Waals surface area (Å²) in [6, 6.07) is 5.86. The first-order valence-electron chi connectivity index (χ1n) is 6.22. The highest BCUT2D eigenvalue weighted by molar-refractivity contribution is 9.10. The number of hydrogen-bond donors (Lipinski definition) is 0. The van der Waals surface area contributed by atoms with E-state index in [0.29, 0.717) is 13.1 Å². The van der Waals surface area contributed by atoms with Crippen LogP contribution in [0.1, 0.15) is 12.8 Å². The molecule has 2 aromatic rings. The van der Waals surface area contributed by atoms with Gasteiger partial charge in [-0.2, -0.15) is 0 Å². The molecule has 1 aliphatic rings. The molecule has 0 unspecified atom stereocenters. The average Bonchev–Trinajstić information content (AvgIpc) is 2.69. The number of imidazole rings is 1. The number of para-hydroxylation sites is 1. The summed E-state index contributed by atoms with van der Waals surface area (Å²) in [5, 5.41) is 0. The number of fused-ring (bicyclic) bond motifs is 1. The normalized spacial score (nSPS) is 19.1. The van der Waals surface area contributed by atoms with Gasteiger partial charge in [0, 0.05) is 37.5 Å². The van der Waals surface area contributed by atoms with Crippen LogP contribution in [-0.4, -0.2) is 28.6 Å². The summed E-state index contributed by atoms with van der Waals surface area (Å²) in [5.74, 6) is -1.76. The summed E-state index contributed by atoms with van der Waals surface area (Å²) in [6.07, 6.45) is -0.200. The minimum atomic E-state index is -2.53. The molecule has 0 aliphatic carbocycles. The van der Waals surface area contributed by atoms with E-state index >= 15 is 0 Å². The van der Waals surface area contributed by atoms with Gasteiger partial charge in [-0.25, -0.2) is 13.8 Å². The van der Waals surface area contributed by atoms with Gasteiger partial charge >= 0.3 is 0 Å². The van der Waals surface area contributed by atoms with Crippen LogP contribution in [-0.2, 0) is 7.05 Å². The second kappa shape index (κ2) is 4.44. The Morgan fingerprint density at radius 3 is 2.58 bits per heavy atom. The molecule has 0 saturated carbocycles. The van der Waals surface area contributed by atoms with Crippen LogP contribution in [0.15, 0.2) is 22.7 Å². The van der Waals surface area contributed by atoms with Crippen LogP contribution in [0.5, 0.6) is 0 Å². The van der Waals surface area contributed by atoms with Crippen molar-refractivity contribution in [3.05, 3.63) is 22.7 Å². The Morgan fingerprint density at radius 2 is 1.95 bits per heavy atom. The Labute approximate surface area is 118 Å². The summed E-state index contributed by atoms with van der Waals surface area (Å²) in [7, 11) is 1.92. The summed E-state index contributed by atoms with van der Waals surface area (Å²) in [6.45, 7) is 0.698. The van der Waals surface area contributed by atoms with E-state index in [1.807, 2.05) is 34.7 Å². The molecule has 1 aromatic heterocycles. The molecule has 102 valence electrons. The first kappa shape index (κ1) is 12.8. The smallest absolute Gasteiger partial charge is 0.251 e. The van der Waals surface area contributed by atoms with Crippen molar-refractivity contribution in [2.75, 3.05) is 18.0 Å². The molecule has 3 nitrogen and oxygen atoms in total. The molecule has 0 bridgehead atoms. The molecule has 1 saturated heterocycles. The largest absolute Gasteiger partial charge is 0.342 e. The number of rotatable bonds is 1. The van der Waals surface area contributed by atoms with Crippen LogP contribution >= 0.6 is 15.9 Å². The quantitative estimate of drug-likeness (QED) is 0.797. The van der Waals surface area contributed by atoms with Gasteiger partial charge in [-0.1, -0.05) is 6.07 Å². The van der Waals surface area contributed by atoms with E-state index < -0.39 is 5.92 Å². The van der Waals surface area contributed by atoms with Crippen molar-refractivity contribution in [2.45, 2.75) is 18.8 Å². The molecule has 0 atom stereocenters. The molecule has 0 N–H and O–H groups in total. The van der Waals surface area contributed by atoms with Gasteiger partial charge in [0.2, 0.25) is 5.95 Å². The molecule has 0 spiro atoms. The molecule has 3 rings (SSSR count). The minimum absolute atomic E-state index is 0.0998. The Morgan fingerprint density at radius 1 is 1.26 bits per heavy atom.